The molecule has 2 aromatic heterocycles. The number of aromatic amines is 1. The number of aromatic nitrogens is 3. The van der Waals surface area contributed by atoms with Gasteiger partial charge in [-0.1, -0.05) is 4.98 Å². The second kappa shape index (κ2) is 11.4. The van der Waals surface area contributed by atoms with Crippen LogP contribution in [0.3, 0.4) is 0 Å². The molecule has 0 aliphatic carbocycles. The Morgan fingerprint density at radius 2 is 1.91 bits per heavy atom. The SMILES string of the molecule is COc1cc[n+](-c2nc3ccc(C(F)(F)F)cc3[nH]2)c(CSCC(C)(C)OCCOCCO)c1. The molecular formula is C23H29F3N3O4S+. The highest BCUT2D eigenvalue weighted by Gasteiger charge is 2.31. The van der Waals surface area contributed by atoms with E-state index in [0.29, 0.717) is 47.5 Å². The molecule has 0 aliphatic heterocycles. The number of benzene rings is 1. The van der Waals surface area contributed by atoms with Gasteiger partial charge in [-0.3, -0.25) is 0 Å². The topological polar surface area (TPSA) is 80.5 Å². The van der Waals surface area contributed by atoms with E-state index in [2.05, 4.69) is 9.97 Å². The van der Waals surface area contributed by atoms with Crippen LogP contribution in [0.4, 0.5) is 13.2 Å². The van der Waals surface area contributed by atoms with Crippen LogP contribution in [0.2, 0.25) is 0 Å². The zero-order chi connectivity index (χ0) is 24.8. The van der Waals surface area contributed by atoms with E-state index < -0.39 is 17.3 Å². The highest BCUT2D eigenvalue weighted by atomic mass is 32.2. The fourth-order valence-corrected chi connectivity index (χ4v) is 4.35. The average Bonchev–Trinajstić information content (AvgIpc) is 3.21. The van der Waals surface area contributed by atoms with E-state index in [0.717, 1.165) is 17.8 Å². The van der Waals surface area contributed by atoms with Crippen LogP contribution in [0.1, 0.15) is 25.1 Å². The molecule has 2 N–H and O–H groups in total. The Morgan fingerprint density at radius 3 is 2.62 bits per heavy atom. The number of hydrogen-bond acceptors (Lipinski definition) is 6. The number of aliphatic hydroxyl groups excluding tert-OH is 1. The van der Waals surface area contributed by atoms with Gasteiger partial charge in [-0.05, 0) is 32.0 Å². The van der Waals surface area contributed by atoms with Crippen molar-refractivity contribution in [3.63, 3.8) is 0 Å². The molecule has 1 aromatic carbocycles. The summed E-state index contributed by atoms with van der Waals surface area (Å²) in [6.07, 6.45) is -2.65. The zero-order valence-electron chi connectivity index (χ0n) is 19.3. The Hall–Kier alpha value is -2.34. The number of nitrogens with one attached hydrogen (secondary N) is 1. The van der Waals surface area contributed by atoms with Crippen LogP contribution < -0.4 is 9.30 Å². The van der Waals surface area contributed by atoms with Gasteiger partial charge in [0.15, 0.2) is 5.52 Å². The summed E-state index contributed by atoms with van der Waals surface area (Å²) in [6, 6.07) is 7.09. The fraction of sp³-hybridized carbons (Fsp3) is 0.478. The summed E-state index contributed by atoms with van der Waals surface area (Å²) in [5.74, 6) is 2.37. The maximum Gasteiger partial charge on any atom is 0.416 e. The van der Waals surface area contributed by atoms with Gasteiger partial charge in [0.25, 0.3) is 0 Å². The summed E-state index contributed by atoms with van der Waals surface area (Å²) in [5.41, 5.74) is 0.494. The number of thioether (sulfide) groups is 1. The molecule has 11 heteroatoms. The van der Waals surface area contributed by atoms with E-state index >= 15 is 0 Å². The Bertz CT molecular complexity index is 1090. The number of alkyl halides is 3. The normalized spacial score (nSPS) is 12.4. The van der Waals surface area contributed by atoms with Crippen molar-refractivity contribution >= 4 is 22.8 Å². The molecule has 3 aromatic rings. The van der Waals surface area contributed by atoms with Gasteiger partial charge in [-0.15, -0.1) is 0 Å². The van der Waals surface area contributed by atoms with Gasteiger partial charge in [0.05, 0.1) is 56.6 Å². The Kier molecular flexibility index (Phi) is 8.80. The molecule has 0 atom stereocenters. The van der Waals surface area contributed by atoms with Crippen molar-refractivity contribution in [1.82, 2.24) is 9.97 Å². The Morgan fingerprint density at radius 1 is 1.12 bits per heavy atom. The first-order valence-electron chi connectivity index (χ1n) is 10.7. The lowest BCUT2D eigenvalue weighted by Crippen LogP contribution is -2.37. The monoisotopic (exact) mass is 500 g/mol. The Balaban J connectivity index is 1.74. The number of pyridine rings is 1. The molecule has 0 saturated carbocycles. The number of hydrogen-bond donors (Lipinski definition) is 2. The number of fused-ring (bicyclic) bond motifs is 1. The summed E-state index contributed by atoms with van der Waals surface area (Å²) in [7, 11) is 1.58. The fourth-order valence-electron chi connectivity index (χ4n) is 3.24. The molecule has 0 radical (unpaired) electrons. The van der Waals surface area contributed by atoms with E-state index in [4.69, 9.17) is 19.3 Å². The van der Waals surface area contributed by atoms with Crippen molar-refractivity contribution in [3.8, 4) is 11.7 Å². The first-order valence-corrected chi connectivity index (χ1v) is 11.8. The predicted octanol–water partition coefficient (Wildman–Crippen LogP) is 3.90. The van der Waals surface area contributed by atoms with Crippen molar-refractivity contribution in [2.24, 2.45) is 0 Å². The smallest absolute Gasteiger partial charge is 0.416 e. The lowest BCUT2D eigenvalue weighted by Gasteiger charge is -2.25. The molecule has 0 saturated heterocycles. The second-order valence-corrected chi connectivity index (χ2v) is 9.14. The highest BCUT2D eigenvalue weighted by Crippen LogP contribution is 2.31. The van der Waals surface area contributed by atoms with Crippen molar-refractivity contribution in [2.75, 3.05) is 39.3 Å². The summed E-state index contributed by atoms with van der Waals surface area (Å²) in [5, 5.41) is 8.75. The average molecular weight is 501 g/mol. The summed E-state index contributed by atoms with van der Waals surface area (Å²) in [4.78, 5) is 7.48. The highest BCUT2D eigenvalue weighted by molar-refractivity contribution is 7.98. The van der Waals surface area contributed by atoms with E-state index in [1.165, 1.54) is 6.07 Å². The van der Waals surface area contributed by atoms with Crippen molar-refractivity contribution in [2.45, 2.75) is 31.4 Å². The predicted molar refractivity (Wildman–Crippen MR) is 123 cm³/mol. The standard InChI is InChI=1S/C23H29F3N3O4S/c1-22(2,33-11-10-32-9-8-30)15-34-14-17-13-18(31-3)6-7-29(17)21-27-19-5-4-16(23(24,25)26)12-20(19)28-21/h4-7,12-13,30H,8-11,14-15H2,1-3H3,(H,27,28)/q+1. The molecule has 3 rings (SSSR count). The molecule has 2 heterocycles. The number of imidazole rings is 1. The summed E-state index contributed by atoms with van der Waals surface area (Å²) < 4.78 is 57.5. The van der Waals surface area contributed by atoms with Crippen molar-refractivity contribution < 1.29 is 37.1 Å². The number of rotatable bonds is 12. The number of nitrogens with zero attached hydrogens (tertiary/aromatic N) is 2. The maximum atomic E-state index is 13.1. The van der Waals surface area contributed by atoms with Gasteiger partial charge in [0.2, 0.25) is 0 Å². The van der Waals surface area contributed by atoms with Crippen LogP contribution in [0.25, 0.3) is 17.0 Å². The number of aliphatic hydroxyl groups is 1. The lowest BCUT2D eigenvalue weighted by molar-refractivity contribution is -0.610. The number of methoxy groups -OCH3 is 1. The van der Waals surface area contributed by atoms with Crippen LogP contribution in [-0.4, -0.2) is 60.0 Å². The first kappa shape index (κ1) is 26.3. The molecule has 0 unspecified atom stereocenters. The minimum atomic E-state index is -4.42. The van der Waals surface area contributed by atoms with Gasteiger partial charge in [0, 0.05) is 23.6 Å². The summed E-state index contributed by atoms with van der Waals surface area (Å²) in [6.45, 7) is 5.08. The molecule has 0 fully saturated rings. The molecule has 0 amide bonds. The molecule has 34 heavy (non-hydrogen) atoms. The Labute approximate surface area is 200 Å². The van der Waals surface area contributed by atoms with E-state index in [1.54, 1.807) is 35.7 Å². The van der Waals surface area contributed by atoms with Crippen LogP contribution in [0.15, 0.2) is 36.5 Å². The molecule has 7 nitrogen and oxygen atoms in total. The summed E-state index contributed by atoms with van der Waals surface area (Å²) >= 11 is 1.65. The van der Waals surface area contributed by atoms with Crippen molar-refractivity contribution in [3.05, 3.63) is 47.8 Å². The molecule has 0 aliphatic rings. The number of H-pyrrole nitrogens is 1. The third kappa shape index (κ3) is 7.08. The van der Waals surface area contributed by atoms with E-state index in [9.17, 15) is 13.2 Å². The molecule has 186 valence electrons. The molecule has 0 spiro atoms. The minimum absolute atomic E-state index is 0.0193. The quantitative estimate of drug-likeness (QED) is 0.290. The van der Waals surface area contributed by atoms with Crippen molar-refractivity contribution in [1.29, 1.82) is 0 Å². The number of halogens is 3. The third-order valence-corrected chi connectivity index (χ3v) is 6.32. The van der Waals surface area contributed by atoms with E-state index in [1.807, 2.05) is 19.9 Å². The van der Waals surface area contributed by atoms with Gasteiger partial charge < -0.3 is 19.3 Å². The largest absolute Gasteiger partial charge is 0.497 e. The molecular weight excluding hydrogens is 471 g/mol. The van der Waals surface area contributed by atoms with E-state index in [-0.39, 0.29) is 13.2 Å². The third-order valence-electron chi connectivity index (χ3n) is 4.92. The van der Waals surface area contributed by atoms with Gasteiger partial charge in [-0.25, -0.2) is 9.55 Å². The van der Waals surface area contributed by atoms with Crippen LogP contribution in [0, 0.1) is 0 Å². The lowest BCUT2D eigenvalue weighted by atomic mass is 10.2. The number of ether oxygens (including phenoxy) is 3. The maximum absolute atomic E-state index is 13.1. The molecule has 0 bridgehead atoms. The first-order chi connectivity index (χ1) is 16.1. The van der Waals surface area contributed by atoms with Gasteiger partial charge in [-0.2, -0.15) is 24.9 Å². The van der Waals surface area contributed by atoms with Gasteiger partial charge >= 0.3 is 12.1 Å². The van der Waals surface area contributed by atoms with Crippen LogP contribution in [0.5, 0.6) is 5.75 Å². The zero-order valence-corrected chi connectivity index (χ0v) is 20.1. The van der Waals surface area contributed by atoms with Crippen LogP contribution in [-0.2, 0) is 21.4 Å². The van der Waals surface area contributed by atoms with Crippen LogP contribution >= 0.6 is 11.8 Å². The minimum Gasteiger partial charge on any atom is -0.497 e. The second-order valence-electron chi connectivity index (χ2n) is 8.15. The van der Waals surface area contributed by atoms with Gasteiger partial charge in [0.1, 0.15) is 11.3 Å².